The van der Waals surface area contributed by atoms with Gasteiger partial charge in [-0.3, -0.25) is 9.11 Å². The predicted molar refractivity (Wildman–Crippen MR) is 72.7 cm³/mol. The van der Waals surface area contributed by atoms with Crippen LogP contribution in [0.2, 0.25) is 0 Å². The largest absolute Gasteiger partial charge is 0.411 e. The second kappa shape index (κ2) is 5.31. The third-order valence-corrected chi connectivity index (χ3v) is 5.14. The van der Waals surface area contributed by atoms with Crippen molar-refractivity contribution in [2.24, 2.45) is 10.3 Å². The van der Waals surface area contributed by atoms with Gasteiger partial charge in [-0.2, -0.15) is 16.8 Å². The summed E-state index contributed by atoms with van der Waals surface area (Å²) in [4.78, 5) is -0.596. The van der Waals surface area contributed by atoms with Crippen molar-refractivity contribution in [3.05, 3.63) is 29.3 Å². The lowest BCUT2D eigenvalue weighted by atomic mass is 9.88. The van der Waals surface area contributed by atoms with E-state index in [1.54, 1.807) is 0 Å². The molecule has 120 valence electrons. The Morgan fingerprint density at radius 2 is 1.68 bits per heavy atom. The fourth-order valence-corrected chi connectivity index (χ4v) is 3.59. The molecule has 1 aliphatic rings. The van der Waals surface area contributed by atoms with E-state index in [2.05, 4.69) is 10.3 Å². The molecule has 0 saturated heterocycles. The van der Waals surface area contributed by atoms with Crippen molar-refractivity contribution in [2.75, 3.05) is 0 Å². The first-order chi connectivity index (χ1) is 10.1. The monoisotopic (exact) mass is 350 g/mol. The van der Waals surface area contributed by atoms with Crippen LogP contribution in [0.15, 0.2) is 33.4 Å². The first-order valence-electron chi connectivity index (χ1n) is 5.61. The molecular formula is C10H10N2O8S2. The summed E-state index contributed by atoms with van der Waals surface area (Å²) >= 11 is 0. The summed E-state index contributed by atoms with van der Waals surface area (Å²) in [5.41, 5.74) is -0.856. The molecule has 0 aliphatic heterocycles. The zero-order valence-corrected chi connectivity index (χ0v) is 12.3. The lowest BCUT2D eigenvalue weighted by Gasteiger charge is -2.24. The highest BCUT2D eigenvalue weighted by atomic mass is 32.2. The zero-order chi connectivity index (χ0) is 16.7. The van der Waals surface area contributed by atoms with Gasteiger partial charge < -0.3 is 10.4 Å². The molecule has 1 aliphatic carbocycles. The highest BCUT2D eigenvalue weighted by Gasteiger charge is 2.38. The van der Waals surface area contributed by atoms with E-state index in [-0.39, 0.29) is 22.6 Å². The van der Waals surface area contributed by atoms with E-state index in [0.29, 0.717) is 0 Å². The summed E-state index contributed by atoms with van der Waals surface area (Å²) < 4.78 is 63.5. The molecule has 0 heterocycles. The van der Waals surface area contributed by atoms with Crippen LogP contribution in [0.5, 0.6) is 0 Å². The Morgan fingerprint density at radius 1 is 1.05 bits per heavy atom. The molecule has 1 aromatic rings. The molecule has 0 bridgehead atoms. The molecule has 0 fully saturated rings. The Balaban J connectivity index is 2.82. The fraction of sp³-hybridized carbons (Fsp3) is 0.200. The number of rotatable bonds is 2. The second-order valence-electron chi connectivity index (χ2n) is 4.43. The Labute approximate surface area is 124 Å². The summed E-state index contributed by atoms with van der Waals surface area (Å²) in [7, 11) is -9.29. The van der Waals surface area contributed by atoms with Crippen LogP contribution in [-0.4, -0.2) is 47.8 Å². The van der Waals surface area contributed by atoms with Crippen molar-refractivity contribution in [2.45, 2.75) is 16.6 Å². The minimum absolute atomic E-state index is 0.0587. The smallest absolute Gasteiger partial charge is 0.294 e. The van der Waals surface area contributed by atoms with Crippen LogP contribution in [0.4, 0.5) is 0 Å². The van der Waals surface area contributed by atoms with Gasteiger partial charge in [-0.05, 0) is 17.7 Å². The lowest BCUT2D eigenvalue weighted by Crippen LogP contribution is -2.30. The van der Waals surface area contributed by atoms with Gasteiger partial charge in [-0.15, -0.1) is 0 Å². The molecule has 1 atom stereocenters. The molecule has 22 heavy (non-hydrogen) atoms. The van der Waals surface area contributed by atoms with Crippen molar-refractivity contribution in [3.8, 4) is 0 Å². The molecule has 0 unspecified atom stereocenters. The number of benzene rings is 1. The van der Waals surface area contributed by atoms with E-state index < -0.39 is 36.8 Å². The average molecular weight is 350 g/mol. The molecule has 12 heteroatoms. The number of hydrogen-bond acceptors (Lipinski definition) is 8. The SMILES string of the molecule is O=S(=O)(O)c1ccc2c(c1)[C@@H](S(=O)(=O)O)CC(=N/O)/C2=N\O. The second-order valence-corrected chi connectivity index (χ2v) is 7.45. The molecule has 4 N–H and O–H groups in total. The first-order valence-corrected chi connectivity index (χ1v) is 8.55. The molecule has 10 nitrogen and oxygen atoms in total. The zero-order valence-electron chi connectivity index (χ0n) is 10.6. The van der Waals surface area contributed by atoms with E-state index in [1.165, 1.54) is 0 Å². The number of oxime groups is 2. The van der Waals surface area contributed by atoms with E-state index in [4.69, 9.17) is 15.0 Å². The van der Waals surface area contributed by atoms with E-state index in [1.807, 2.05) is 0 Å². The van der Waals surface area contributed by atoms with Crippen molar-refractivity contribution >= 4 is 31.7 Å². The summed E-state index contributed by atoms with van der Waals surface area (Å²) in [6.07, 6.45) is -0.545. The van der Waals surface area contributed by atoms with Gasteiger partial charge in [0.05, 0.1) is 4.90 Å². The van der Waals surface area contributed by atoms with Gasteiger partial charge in [0.1, 0.15) is 16.7 Å². The maximum atomic E-state index is 11.5. The van der Waals surface area contributed by atoms with E-state index in [9.17, 15) is 21.4 Å². The molecule has 0 aromatic heterocycles. The molecule has 0 spiro atoms. The van der Waals surface area contributed by atoms with Crippen molar-refractivity contribution in [1.82, 2.24) is 0 Å². The van der Waals surface area contributed by atoms with Crippen molar-refractivity contribution in [3.63, 3.8) is 0 Å². The quantitative estimate of drug-likeness (QED) is 0.334. The third-order valence-electron chi connectivity index (χ3n) is 3.16. The normalized spacial score (nSPS) is 22.7. The summed E-state index contributed by atoms with van der Waals surface area (Å²) in [6, 6.07) is 2.85. The number of hydrogen-bond donors (Lipinski definition) is 4. The number of nitrogens with zero attached hydrogens (tertiary/aromatic N) is 2. The van der Waals surface area contributed by atoms with Crippen LogP contribution in [0, 0.1) is 0 Å². The van der Waals surface area contributed by atoms with Crippen LogP contribution in [-0.2, 0) is 20.2 Å². The van der Waals surface area contributed by atoms with Crippen LogP contribution in [0.1, 0.15) is 22.8 Å². The molecule has 0 saturated carbocycles. The first kappa shape index (κ1) is 16.4. The van der Waals surface area contributed by atoms with Gasteiger partial charge in [-0.25, -0.2) is 0 Å². The van der Waals surface area contributed by atoms with Crippen molar-refractivity contribution < 1.29 is 36.4 Å². The lowest BCUT2D eigenvalue weighted by molar-refractivity contribution is 0.312. The fourth-order valence-electron chi connectivity index (χ4n) is 2.19. The van der Waals surface area contributed by atoms with Gasteiger partial charge >= 0.3 is 0 Å². The Hall–Kier alpha value is -2.02. The minimum Gasteiger partial charge on any atom is -0.411 e. The minimum atomic E-state index is -4.68. The van der Waals surface area contributed by atoms with Gasteiger partial charge in [0.15, 0.2) is 0 Å². The van der Waals surface area contributed by atoms with Crippen LogP contribution >= 0.6 is 0 Å². The van der Waals surface area contributed by atoms with Crippen LogP contribution in [0.25, 0.3) is 0 Å². The average Bonchev–Trinajstić information content (AvgIpc) is 2.42. The standard InChI is InChI=1S/C10H10N2O8S2/c13-11-8-4-9(22(18,19)20)7-3-5(21(15,16)17)1-2-6(7)10(8)12-14/h1-3,9,13-14H,4H2,(H,15,16,17)(H,18,19,20)/b11-8-,12-10-/t9-/m0/s1. The molecule has 0 amide bonds. The molecule has 1 aromatic carbocycles. The highest BCUT2D eigenvalue weighted by molar-refractivity contribution is 7.86. The van der Waals surface area contributed by atoms with Gasteiger partial charge in [0.25, 0.3) is 20.2 Å². The van der Waals surface area contributed by atoms with Crippen LogP contribution in [0.3, 0.4) is 0 Å². The maximum Gasteiger partial charge on any atom is 0.294 e. The van der Waals surface area contributed by atoms with E-state index in [0.717, 1.165) is 18.2 Å². The molecule has 0 radical (unpaired) electrons. The van der Waals surface area contributed by atoms with E-state index >= 15 is 0 Å². The summed E-state index contributed by atoms with van der Waals surface area (Å²) in [5, 5.41) is 21.9. The van der Waals surface area contributed by atoms with Gasteiger partial charge in [0.2, 0.25) is 0 Å². The Kier molecular flexibility index (Phi) is 3.95. The highest BCUT2D eigenvalue weighted by Crippen LogP contribution is 2.35. The molecule has 2 rings (SSSR count). The van der Waals surface area contributed by atoms with Crippen LogP contribution < -0.4 is 0 Å². The predicted octanol–water partition coefficient (Wildman–Crippen LogP) is 0.274. The Bertz CT molecular complexity index is 886. The summed E-state index contributed by atoms with van der Waals surface area (Å²) in [6.45, 7) is 0. The number of fused-ring (bicyclic) bond motifs is 1. The van der Waals surface area contributed by atoms with Gasteiger partial charge in [0, 0.05) is 12.0 Å². The van der Waals surface area contributed by atoms with Gasteiger partial charge in [-0.1, -0.05) is 16.4 Å². The van der Waals surface area contributed by atoms with Crippen molar-refractivity contribution in [1.29, 1.82) is 0 Å². The topological polar surface area (TPSA) is 174 Å². The Morgan fingerprint density at radius 3 is 2.14 bits per heavy atom. The third kappa shape index (κ3) is 2.81. The summed E-state index contributed by atoms with van der Waals surface area (Å²) in [5.74, 6) is 0. The molecular weight excluding hydrogens is 340 g/mol. The maximum absolute atomic E-state index is 11.5.